The molecule has 2 aromatic heterocycles. The molecule has 0 bridgehead atoms. The van der Waals surface area contributed by atoms with Crippen LogP contribution >= 0.6 is 0 Å². The number of halogens is 3. The molecule has 1 amide bonds. The van der Waals surface area contributed by atoms with Crippen molar-refractivity contribution in [3.8, 4) is 5.88 Å². The minimum atomic E-state index is -3.20. The van der Waals surface area contributed by atoms with Crippen molar-refractivity contribution in [1.82, 2.24) is 19.9 Å². The summed E-state index contributed by atoms with van der Waals surface area (Å²) in [5.74, 6) is -2.56. The van der Waals surface area contributed by atoms with Crippen molar-refractivity contribution >= 4 is 16.9 Å². The number of imidazole rings is 1. The van der Waals surface area contributed by atoms with Crippen LogP contribution in [0.3, 0.4) is 0 Å². The van der Waals surface area contributed by atoms with Gasteiger partial charge in [0.1, 0.15) is 0 Å². The van der Waals surface area contributed by atoms with Gasteiger partial charge in [0, 0.05) is 25.4 Å². The minimum Gasteiger partial charge on any atom is -0.414 e. The number of rotatable bonds is 6. The van der Waals surface area contributed by atoms with E-state index in [4.69, 9.17) is 0 Å². The van der Waals surface area contributed by atoms with Crippen molar-refractivity contribution in [2.75, 3.05) is 0 Å². The molecule has 0 aliphatic carbocycles. The number of pyridine rings is 1. The third-order valence-corrected chi connectivity index (χ3v) is 4.16. The number of fused-ring (bicyclic) bond motifs is 1. The number of hydrogen-bond donors (Lipinski definition) is 1. The SMILES string of the molecule is CCc1ccc2ncn(C)c2c1CNC(=O)c1cnc(OC(F)F)c(F)c1. The Morgan fingerprint density at radius 1 is 1.33 bits per heavy atom. The van der Waals surface area contributed by atoms with Crippen LogP contribution in [0.4, 0.5) is 13.2 Å². The summed E-state index contributed by atoms with van der Waals surface area (Å²) in [6.07, 6.45) is 3.44. The second-order valence-electron chi connectivity index (χ2n) is 5.85. The lowest BCUT2D eigenvalue weighted by atomic mass is 10.0. The van der Waals surface area contributed by atoms with E-state index in [0.29, 0.717) is 0 Å². The van der Waals surface area contributed by atoms with Gasteiger partial charge in [0.05, 0.1) is 22.9 Å². The van der Waals surface area contributed by atoms with Crippen LogP contribution in [0.2, 0.25) is 0 Å². The van der Waals surface area contributed by atoms with Gasteiger partial charge >= 0.3 is 6.61 Å². The molecule has 27 heavy (non-hydrogen) atoms. The zero-order valence-electron chi connectivity index (χ0n) is 14.7. The number of nitrogens with one attached hydrogen (secondary N) is 1. The summed E-state index contributed by atoms with van der Waals surface area (Å²) < 4.78 is 43.9. The average molecular weight is 378 g/mol. The Balaban J connectivity index is 1.81. The van der Waals surface area contributed by atoms with Crippen molar-refractivity contribution in [2.24, 2.45) is 7.05 Å². The summed E-state index contributed by atoms with van der Waals surface area (Å²) in [5, 5.41) is 2.71. The van der Waals surface area contributed by atoms with E-state index in [1.807, 2.05) is 30.7 Å². The number of amides is 1. The summed E-state index contributed by atoms with van der Waals surface area (Å²) in [4.78, 5) is 20.1. The van der Waals surface area contributed by atoms with Gasteiger partial charge in [-0.15, -0.1) is 0 Å². The smallest absolute Gasteiger partial charge is 0.388 e. The first-order valence-corrected chi connectivity index (χ1v) is 8.21. The first-order valence-electron chi connectivity index (χ1n) is 8.21. The fourth-order valence-electron chi connectivity index (χ4n) is 2.89. The van der Waals surface area contributed by atoms with E-state index < -0.39 is 24.2 Å². The Bertz CT molecular complexity index is 988. The molecule has 0 fully saturated rings. The predicted molar refractivity (Wildman–Crippen MR) is 92.1 cm³/mol. The molecule has 0 aliphatic rings. The molecule has 1 aromatic carbocycles. The molecule has 3 rings (SSSR count). The van der Waals surface area contributed by atoms with Crippen LogP contribution in [-0.4, -0.2) is 27.1 Å². The highest BCUT2D eigenvalue weighted by Gasteiger charge is 2.16. The molecule has 0 spiro atoms. The molecule has 3 aromatic rings. The lowest BCUT2D eigenvalue weighted by Gasteiger charge is -2.12. The van der Waals surface area contributed by atoms with Crippen LogP contribution in [0.15, 0.2) is 30.7 Å². The van der Waals surface area contributed by atoms with Crippen LogP contribution < -0.4 is 10.1 Å². The predicted octanol–water partition coefficient (Wildman–Crippen LogP) is 3.20. The van der Waals surface area contributed by atoms with Crippen molar-refractivity contribution in [2.45, 2.75) is 26.5 Å². The van der Waals surface area contributed by atoms with Crippen molar-refractivity contribution < 1.29 is 22.7 Å². The summed E-state index contributed by atoms with van der Waals surface area (Å²) in [5.41, 5.74) is 3.58. The summed E-state index contributed by atoms with van der Waals surface area (Å²) in [6, 6.07) is 4.68. The fourth-order valence-corrected chi connectivity index (χ4v) is 2.89. The Labute approximate surface area is 153 Å². The number of hydrogen-bond acceptors (Lipinski definition) is 4. The van der Waals surface area contributed by atoms with E-state index in [0.717, 1.165) is 40.8 Å². The second-order valence-corrected chi connectivity index (χ2v) is 5.85. The third-order valence-electron chi connectivity index (χ3n) is 4.16. The van der Waals surface area contributed by atoms with Crippen LogP contribution in [-0.2, 0) is 20.0 Å². The standard InChI is InChI=1S/C18H17F3N4O2/c1-3-10-4-5-14-15(25(2)9-24-14)12(10)8-22-16(26)11-6-13(19)17(23-7-11)27-18(20)21/h4-7,9,18H,3,8H2,1-2H3,(H,22,26). The lowest BCUT2D eigenvalue weighted by molar-refractivity contribution is -0.0553. The molecule has 6 nitrogen and oxygen atoms in total. The molecule has 142 valence electrons. The molecular weight excluding hydrogens is 361 g/mol. The van der Waals surface area contributed by atoms with Gasteiger partial charge in [0.15, 0.2) is 5.82 Å². The Hall–Kier alpha value is -3.10. The van der Waals surface area contributed by atoms with Gasteiger partial charge in [0.25, 0.3) is 11.8 Å². The Morgan fingerprint density at radius 3 is 2.78 bits per heavy atom. The van der Waals surface area contributed by atoms with Crippen LogP contribution in [0.25, 0.3) is 11.0 Å². The molecule has 2 heterocycles. The van der Waals surface area contributed by atoms with E-state index in [9.17, 15) is 18.0 Å². The van der Waals surface area contributed by atoms with Crippen molar-refractivity contribution in [1.29, 1.82) is 0 Å². The average Bonchev–Trinajstić information content (AvgIpc) is 3.02. The monoisotopic (exact) mass is 378 g/mol. The van der Waals surface area contributed by atoms with Crippen LogP contribution in [0.1, 0.15) is 28.4 Å². The first-order chi connectivity index (χ1) is 12.9. The van der Waals surface area contributed by atoms with Gasteiger partial charge in [-0.2, -0.15) is 8.78 Å². The first kappa shape index (κ1) is 18.7. The zero-order chi connectivity index (χ0) is 19.6. The second kappa shape index (κ2) is 7.65. The van der Waals surface area contributed by atoms with E-state index in [-0.39, 0.29) is 12.1 Å². The number of nitrogens with zero attached hydrogens (tertiary/aromatic N) is 3. The van der Waals surface area contributed by atoms with E-state index in [1.165, 1.54) is 0 Å². The summed E-state index contributed by atoms with van der Waals surface area (Å²) >= 11 is 0. The maximum Gasteiger partial charge on any atom is 0.388 e. The molecule has 0 saturated heterocycles. The molecule has 9 heteroatoms. The van der Waals surface area contributed by atoms with Gasteiger partial charge in [-0.3, -0.25) is 4.79 Å². The largest absolute Gasteiger partial charge is 0.414 e. The van der Waals surface area contributed by atoms with E-state index in [1.54, 1.807) is 6.33 Å². The summed E-state index contributed by atoms with van der Waals surface area (Å²) in [6.45, 7) is -0.988. The number of aromatic nitrogens is 3. The fraction of sp³-hybridized carbons (Fsp3) is 0.278. The lowest BCUT2D eigenvalue weighted by Crippen LogP contribution is -2.24. The summed E-state index contributed by atoms with van der Waals surface area (Å²) in [7, 11) is 1.86. The number of aryl methyl sites for hydroxylation is 2. The van der Waals surface area contributed by atoms with Gasteiger partial charge in [0.2, 0.25) is 0 Å². The number of ether oxygens (including phenoxy) is 1. The van der Waals surface area contributed by atoms with E-state index in [2.05, 4.69) is 20.0 Å². The van der Waals surface area contributed by atoms with E-state index >= 15 is 0 Å². The van der Waals surface area contributed by atoms with Gasteiger partial charge in [-0.05, 0) is 24.1 Å². The molecular formula is C18H17F3N4O2. The molecule has 0 radical (unpaired) electrons. The normalized spacial score (nSPS) is 11.2. The van der Waals surface area contributed by atoms with Crippen LogP contribution in [0, 0.1) is 5.82 Å². The number of carbonyl (C=O) groups is 1. The molecule has 0 unspecified atom stereocenters. The highest BCUT2D eigenvalue weighted by molar-refractivity contribution is 5.94. The Kier molecular flexibility index (Phi) is 5.29. The number of carbonyl (C=O) groups excluding carboxylic acids is 1. The van der Waals surface area contributed by atoms with Gasteiger partial charge < -0.3 is 14.6 Å². The topological polar surface area (TPSA) is 69.0 Å². The maximum atomic E-state index is 13.8. The third kappa shape index (κ3) is 3.86. The Morgan fingerprint density at radius 2 is 2.11 bits per heavy atom. The molecule has 0 aliphatic heterocycles. The maximum absolute atomic E-state index is 13.8. The van der Waals surface area contributed by atoms with Gasteiger partial charge in [-0.1, -0.05) is 13.0 Å². The zero-order valence-corrected chi connectivity index (χ0v) is 14.7. The molecule has 0 atom stereocenters. The van der Waals surface area contributed by atoms with Crippen molar-refractivity contribution in [3.05, 3.63) is 53.2 Å². The highest BCUT2D eigenvalue weighted by Crippen LogP contribution is 2.22. The number of benzene rings is 1. The highest BCUT2D eigenvalue weighted by atomic mass is 19.3. The molecule has 1 N–H and O–H groups in total. The molecule has 0 saturated carbocycles. The van der Waals surface area contributed by atoms with Gasteiger partial charge in [-0.25, -0.2) is 14.4 Å². The van der Waals surface area contributed by atoms with Crippen LogP contribution in [0.5, 0.6) is 5.88 Å². The van der Waals surface area contributed by atoms with Crippen molar-refractivity contribution in [3.63, 3.8) is 0 Å². The number of alkyl halides is 2. The quantitative estimate of drug-likeness (QED) is 0.715. The minimum absolute atomic E-state index is 0.0932.